The van der Waals surface area contributed by atoms with E-state index >= 15 is 0 Å². The van der Waals surface area contributed by atoms with Crippen molar-refractivity contribution in [1.29, 1.82) is 0 Å². The SMILES string of the molecule is C1=CNCCC1.c1ccc2[nH]ccc2c1. The van der Waals surface area contributed by atoms with E-state index in [0.717, 1.165) is 6.54 Å². The van der Waals surface area contributed by atoms with Crippen molar-refractivity contribution in [3.8, 4) is 0 Å². The summed E-state index contributed by atoms with van der Waals surface area (Å²) >= 11 is 0. The molecule has 1 aromatic heterocycles. The molecule has 0 bridgehead atoms. The van der Waals surface area contributed by atoms with Crippen LogP contribution in [-0.4, -0.2) is 11.5 Å². The summed E-state index contributed by atoms with van der Waals surface area (Å²) in [7, 11) is 0. The number of benzene rings is 1. The van der Waals surface area contributed by atoms with Crippen LogP contribution in [0.4, 0.5) is 0 Å². The number of hydrogen-bond donors (Lipinski definition) is 2. The molecule has 15 heavy (non-hydrogen) atoms. The molecule has 1 aromatic carbocycles. The van der Waals surface area contributed by atoms with Crippen molar-refractivity contribution in [2.75, 3.05) is 6.54 Å². The number of aromatic nitrogens is 1. The number of nitrogens with one attached hydrogen (secondary N) is 2. The van der Waals surface area contributed by atoms with E-state index in [0.29, 0.717) is 0 Å². The van der Waals surface area contributed by atoms with Gasteiger partial charge in [0.2, 0.25) is 0 Å². The molecule has 2 nitrogen and oxygen atoms in total. The van der Waals surface area contributed by atoms with Crippen LogP contribution >= 0.6 is 0 Å². The first kappa shape index (κ1) is 9.84. The fourth-order valence-corrected chi connectivity index (χ4v) is 1.57. The highest BCUT2D eigenvalue weighted by molar-refractivity contribution is 5.78. The maximum Gasteiger partial charge on any atom is 0.0453 e. The number of allylic oxidation sites excluding steroid dienone is 1. The average Bonchev–Trinajstić information content (AvgIpc) is 2.80. The van der Waals surface area contributed by atoms with E-state index < -0.39 is 0 Å². The van der Waals surface area contributed by atoms with Crippen molar-refractivity contribution in [2.45, 2.75) is 12.8 Å². The number of para-hydroxylation sites is 1. The smallest absolute Gasteiger partial charge is 0.0453 e. The highest BCUT2D eigenvalue weighted by Crippen LogP contribution is 2.09. The lowest BCUT2D eigenvalue weighted by Crippen LogP contribution is -2.09. The van der Waals surface area contributed by atoms with Crippen molar-refractivity contribution in [3.63, 3.8) is 0 Å². The predicted molar refractivity (Wildman–Crippen MR) is 64.7 cm³/mol. The summed E-state index contributed by atoms with van der Waals surface area (Å²) in [4.78, 5) is 3.12. The predicted octanol–water partition coefficient (Wildman–Crippen LogP) is 3.05. The maximum atomic E-state index is 3.12. The number of H-pyrrole nitrogens is 1. The second kappa shape index (κ2) is 5.25. The maximum absolute atomic E-state index is 3.12. The fourth-order valence-electron chi connectivity index (χ4n) is 1.57. The van der Waals surface area contributed by atoms with E-state index in [1.807, 2.05) is 24.5 Å². The molecule has 0 aliphatic carbocycles. The third kappa shape index (κ3) is 2.88. The van der Waals surface area contributed by atoms with Gasteiger partial charge in [0, 0.05) is 18.3 Å². The monoisotopic (exact) mass is 200 g/mol. The van der Waals surface area contributed by atoms with Gasteiger partial charge in [-0.3, -0.25) is 0 Å². The zero-order chi connectivity index (χ0) is 10.3. The van der Waals surface area contributed by atoms with Gasteiger partial charge in [-0.15, -0.1) is 0 Å². The van der Waals surface area contributed by atoms with Crippen molar-refractivity contribution < 1.29 is 0 Å². The van der Waals surface area contributed by atoms with Crippen LogP contribution in [0.2, 0.25) is 0 Å². The summed E-state index contributed by atoms with van der Waals surface area (Å²) < 4.78 is 0. The van der Waals surface area contributed by atoms with Gasteiger partial charge >= 0.3 is 0 Å². The summed E-state index contributed by atoms with van der Waals surface area (Å²) in [6.07, 6.45) is 8.68. The minimum atomic E-state index is 1.16. The van der Waals surface area contributed by atoms with E-state index in [9.17, 15) is 0 Å². The third-order valence-electron chi connectivity index (χ3n) is 2.39. The van der Waals surface area contributed by atoms with Gasteiger partial charge in [0.15, 0.2) is 0 Å². The highest BCUT2D eigenvalue weighted by Gasteiger charge is 1.86. The average molecular weight is 200 g/mol. The van der Waals surface area contributed by atoms with Crippen LogP contribution in [0.3, 0.4) is 0 Å². The van der Waals surface area contributed by atoms with Crippen LogP contribution in [0.1, 0.15) is 12.8 Å². The Morgan fingerprint density at radius 1 is 1.07 bits per heavy atom. The Morgan fingerprint density at radius 2 is 2.00 bits per heavy atom. The van der Waals surface area contributed by atoms with E-state index in [-0.39, 0.29) is 0 Å². The van der Waals surface area contributed by atoms with Gasteiger partial charge in [0.05, 0.1) is 0 Å². The van der Waals surface area contributed by atoms with Crippen LogP contribution in [-0.2, 0) is 0 Å². The summed E-state index contributed by atoms with van der Waals surface area (Å²) in [5.41, 5.74) is 1.21. The van der Waals surface area contributed by atoms with E-state index in [2.05, 4.69) is 34.6 Å². The molecule has 78 valence electrons. The minimum Gasteiger partial charge on any atom is -0.391 e. The van der Waals surface area contributed by atoms with Crippen molar-refractivity contribution in [3.05, 3.63) is 48.8 Å². The third-order valence-corrected chi connectivity index (χ3v) is 2.39. The van der Waals surface area contributed by atoms with Gasteiger partial charge < -0.3 is 10.3 Å². The number of aromatic amines is 1. The van der Waals surface area contributed by atoms with Crippen LogP contribution in [0.15, 0.2) is 48.8 Å². The van der Waals surface area contributed by atoms with Gasteiger partial charge in [0.25, 0.3) is 0 Å². The quantitative estimate of drug-likeness (QED) is 0.672. The Kier molecular flexibility index (Phi) is 3.44. The van der Waals surface area contributed by atoms with Crippen molar-refractivity contribution in [2.24, 2.45) is 0 Å². The largest absolute Gasteiger partial charge is 0.391 e. The molecule has 0 fully saturated rings. The molecule has 1 aliphatic rings. The fraction of sp³-hybridized carbons (Fsp3) is 0.231. The molecule has 0 atom stereocenters. The van der Waals surface area contributed by atoms with Crippen molar-refractivity contribution >= 4 is 10.9 Å². The molecule has 2 N–H and O–H groups in total. The van der Waals surface area contributed by atoms with Crippen LogP contribution in [0.5, 0.6) is 0 Å². The molecule has 1 aliphatic heterocycles. The molecule has 0 saturated carbocycles. The lowest BCUT2D eigenvalue weighted by Gasteiger charge is -2.02. The van der Waals surface area contributed by atoms with Crippen LogP contribution in [0, 0.1) is 0 Å². The van der Waals surface area contributed by atoms with Gasteiger partial charge in [-0.2, -0.15) is 0 Å². The lowest BCUT2D eigenvalue weighted by molar-refractivity contribution is 0.728. The normalized spacial score (nSPS) is 14.1. The molecule has 2 aromatic rings. The summed E-state index contributed by atoms with van der Waals surface area (Å²) in [5, 5.41) is 4.38. The second-order valence-electron chi connectivity index (χ2n) is 3.56. The van der Waals surface area contributed by atoms with Crippen LogP contribution < -0.4 is 5.32 Å². The number of fused-ring (bicyclic) bond motifs is 1. The van der Waals surface area contributed by atoms with Crippen LogP contribution in [0.25, 0.3) is 10.9 Å². The summed E-state index contributed by atoms with van der Waals surface area (Å²) in [6, 6.07) is 10.3. The van der Waals surface area contributed by atoms with Gasteiger partial charge in [-0.25, -0.2) is 0 Å². The van der Waals surface area contributed by atoms with Gasteiger partial charge in [0.1, 0.15) is 0 Å². The molecule has 0 radical (unpaired) electrons. The highest BCUT2D eigenvalue weighted by atomic mass is 14.8. The molecule has 3 rings (SSSR count). The standard InChI is InChI=1S/C8H7N.C5H9N/c1-2-4-8-7(3-1)5-6-9-8;1-2-4-6-5-3-1/h1-6,9H;2,4,6H,1,3,5H2. The lowest BCUT2D eigenvalue weighted by atomic mass is 10.2. The summed E-state index contributed by atoms with van der Waals surface area (Å²) in [5.74, 6) is 0. The van der Waals surface area contributed by atoms with E-state index in [4.69, 9.17) is 0 Å². The molecular weight excluding hydrogens is 184 g/mol. The van der Waals surface area contributed by atoms with Gasteiger partial charge in [-0.1, -0.05) is 24.3 Å². The Morgan fingerprint density at radius 3 is 2.60 bits per heavy atom. The zero-order valence-electron chi connectivity index (χ0n) is 8.74. The Balaban J connectivity index is 0.000000124. The first-order chi connectivity index (χ1) is 7.47. The minimum absolute atomic E-state index is 1.16. The zero-order valence-corrected chi connectivity index (χ0v) is 8.74. The topological polar surface area (TPSA) is 27.8 Å². The first-order valence-electron chi connectivity index (χ1n) is 5.37. The molecule has 0 unspecified atom stereocenters. The number of rotatable bonds is 0. The molecule has 0 saturated heterocycles. The molecular formula is C13H16N2. The van der Waals surface area contributed by atoms with E-state index in [1.165, 1.54) is 23.7 Å². The Labute approximate surface area is 90.0 Å². The summed E-state index contributed by atoms with van der Waals surface area (Å²) in [6.45, 7) is 1.16. The van der Waals surface area contributed by atoms with Gasteiger partial charge in [-0.05, 0) is 36.6 Å². The molecule has 2 heteroatoms. The number of hydrogen-bond acceptors (Lipinski definition) is 1. The Bertz CT molecular complexity index is 391. The molecule has 0 spiro atoms. The second-order valence-corrected chi connectivity index (χ2v) is 3.56. The van der Waals surface area contributed by atoms with E-state index in [1.54, 1.807) is 0 Å². The molecule has 0 amide bonds. The first-order valence-corrected chi connectivity index (χ1v) is 5.37. The Hall–Kier alpha value is -1.70. The molecule has 2 heterocycles. The van der Waals surface area contributed by atoms with Crippen molar-refractivity contribution in [1.82, 2.24) is 10.3 Å².